The molecule has 1 amide bonds. The van der Waals surface area contributed by atoms with Gasteiger partial charge in [-0.15, -0.1) is 11.8 Å². The number of fused-ring (bicyclic) bond motifs is 2. The van der Waals surface area contributed by atoms with Crippen LogP contribution in [-0.4, -0.2) is 38.2 Å². The smallest absolute Gasteiger partial charge is 0.543 e. The summed E-state index contributed by atoms with van der Waals surface area (Å²) < 4.78 is 2.07. The molecule has 108 valence electrons. The number of carboxylic acids is 1. The van der Waals surface area contributed by atoms with Crippen molar-refractivity contribution in [3.05, 3.63) is 34.4 Å². The molecule has 0 bridgehead atoms. The monoisotopic (exact) mass is 326 g/mol. The summed E-state index contributed by atoms with van der Waals surface area (Å²) in [4.78, 5) is 28.7. The maximum Gasteiger partial charge on any atom is 1.00 e. The van der Waals surface area contributed by atoms with Gasteiger partial charge in [0.1, 0.15) is 11.2 Å². The number of carbonyl (C=O) groups excluding carboxylic acids is 2. The van der Waals surface area contributed by atoms with E-state index in [1.807, 2.05) is 6.20 Å². The van der Waals surface area contributed by atoms with Crippen molar-refractivity contribution in [1.82, 2.24) is 19.8 Å². The molecule has 4 heterocycles. The molecule has 1 aromatic rings. The Hall–Kier alpha value is -1.06. The van der Waals surface area contributed by atoms with Crippen molar-refractivity contribution in [3.8, 4) is 0 Å². The van der Waals surface area contributed by atoms with Crippen LogP contribution >= 0.6 is 11.8 Å². The third-order valence-electron chi connectivity index (χ3n) is 3.74. The van der Waals surface area contributed by atoms with Crippen LogP contribution in [0.15, 0.2) is 22.9 Å². The van der Waals surface area contributed by atoms with E-state index in [9.17, 15) is 14.7 Å². The quantitative estimate of drug-likeness (QED) is 0.337. The minimum atomic E-state index is -1.32. The van der Waals surface area contributed by atoms with Gasteiger partial charge in [0.25, 0.3) is 5.91 Å². The second-order valence-electron chi connectivity index (χ2n) is 5.01. The predicted molar refractivity (Wildman–Crippen MR) is 73.2 cm³/mol. The molecule has 0 spiro atoms. The van der Waals surface area contributed by atoms with Crippen LogP contribution in [0.25, 0.3) is 6.08 Å². The average Bonchev–Trinajstić information content (AvgIpc) is 3.05. The number of nitrogens with zero attached hydrogens (tertiary/aromatic N) is 3. The van der Waals surface area contributed by atoms with E-state index >= 15 is 0 Å². The van der Waals surface area contributed by atoms with Crippen molar-refractivity contribution in [1.29, 1.82) is 0 Å². The van der Waals surface area contributed by atoms with Crippen LogP contribution in [0.4, 0.5) is 0 Å². The van der Waals surface area contributed by atoms with Crippen molar-refractivity contribution in [2.45, 2.75) is 18.5 Å². The van der Waals surface area contributed by atoms with Gasteiger partial charge in [-0.2, -0.15) is 0 Å². The number of nitrogens with one attached hydrogen (secondary N) is 1. The zero-order valence-electron chi connectivity index (χ0n) is 11.9. The van der Waals surface area contributed by atoms with E-state index in [2.05, 4.69) is 14.9 Å². The standard InChI is InChI=1S/C13H12N4O3S.Na/c18-11-8(12-17(11)9(6-21-12)13(19)20)3-7-5-16-2-1-14-4-10(16)15-7;/h3,5-6,12,14H,1-2,4H2,(H,19,20);/q;+1/p-1/b8-3+;. The minimum Gasteiger partial charge on any atom is -0.543 e. The van der Waals surface area contributed by atoms with Crippen molar-refractivity contribution >= 4 is 29.7 Å². The Morgan fingerprint density at radius 1 is 1.55 bits per heavy atom. The summed E-state index contributed by atoms with van der Waals surface area (Å²) in [5.41, 5.74) is 1.26. The number of aliphatic carboxylic acids is 1. The molecular formula is C13H11N4NaO3S. The van der Waals surface area contributed by atoms with E-state index in [1.54, 1.807) is 6.08 Å². The summed E-state index contributed by atoms with van der Waals surface area (Å²) >= 11 is 1.30. The molecule has 0 aliphatic carbocycles. The molecule has 7 nitrogen and oxygen atoms in total. The normalized spacial score (nSPS) is 24.3. The largest absolute Gasteiger partial charge is 1.00 e. The first-order valence-corrected chi connectivity index (χ1v) is 7.48. The molecule has 0 radical (unpaired) electrons. The van der Waals surface area contributed by atoms with E-state index in [0.29, 0.717) is 5.57 Å². The second kappa shape index (κ2) is 5.86. The minimum absolute atomic E-state index is 0. The molecule has 0 aromatic carbocycles. The molecule has 1 fully saturated rings. The van der Waals surface area contributed by atoms with Crippen LogP contribution in [-0.2, 0) is 22.7 Å². The molecule has 1 saturated heterocycles. The summed E-state index contributed by atoms with van der Waals surface area (Å²) in [5.74, 6) is -0.658. The zero-order valence-corrected chi connectivity index (χ0v) is 14.7. The molecule has 3 aliphatic rings. The summed E-state index contributed by atoms with van der Waals surface area (Å²) in [6.07, 6.45) is 3.67. The fraction of sp³-hybridized carbons (Fsp3) is 0.308. The summed E-state index contributed by atoms with van der Waals surface area (Å²) in [6.45, 7) is 2.49. The van der Waals surface area contributed by atoms with Gasteiger partial charge in [0.05, 0.1) is 29.5 Å². The fourth-order valence-electron chi connectivity index (χ4n) is 2.70. The van der Waals surface area contributed by atoms with Gasteiger partial charge in [-0.05, 0) is 11.5 Å². The van der Waals surface area contributed by atoms with Gasteiger partial charge >= 0.3 is 29.6 Å². The Kier molecular flexibility index (Phi) is 4.21. The number of amides is 1. The van der Waals surface area contributed by atoms with Crippen LogP contribution in [0.2, 0.25) is 0 Å². The third-order valence-corrected chi connectivity index (χ3v) is 4.82. The average molecular weight is 326 g/mol. The van der Waals surface area contributed by atoms with E-state index in [4.69, 9.17) is 0 Å². The van der Waals surface area contributed by atoms with Crippen molar-refractivity contribution in [2.75, 3.05) is 6.54 Å². The van der Waals surface area contributed by atoms with Crippen molar-refractivity contribution in [2.24, 2.45) is 0 Å². The van der Waals surface area contributed by atoms with Gasteiger partial charge in [-0.3, -0.25) is 9.69 Å². The number of β-lactam (4-membered cyclic amide) rings is 1. The van der Waals surface area contributed by atoms with E-state index < -0.39 is 5.97 Å². The first kappa shape index (κ1) is 15.8. The number of hydrogen-bond donors (Lipinski definition) is 1. The maximum absolute atomic E-state index is 12.1. The number of aromatic nitrogens is 2. The number of imidazole rings is 1. The van der Waals surface area contributed by atoms with Crippen LogP contribution in [0.1, 0.15) is 11.5 Å². The van der Waals surface area contributed by atoms with E-state index in [1.165, 1.54) is 22.1 Å². The maximum atomic E-state index is 12.1. The van der Waals surface area contributed by atoms with E-state index in [-0.39, 0.29) is 46.5 Å². The first-order chi connectivity index (χ1) is 10.1. The Morgan fingerprint density at radius 2 is 2.36 bits per heavy atom. The van der Waals surface area contributed by atoms with Crippen LogP contribution in [0.5, 0.6) is 0 Å². The molecule has 4 rings (SSSR count). The van der Waals surface area contributed by atoms with Gasteiger partial charge in [0, 0.05) is 19.3 Å². The topological polar surface area (TPSA) is 90.3 Å². The SMILES string of the molecule is O=C([O-])C1=CSC2/C(=C/c3cn4c(n3)CNCC4)C(=O)N12.[Na+]. The summed E-state index contributed by atoms with van der Waals surface area (Å²) in [6, 6.07) is 0. The van der Waals surface area contributed by atoms with Crippen LogP contribution in [0.3, 0.4) is 0 Å². The molecule has 3 aliphatic heterocycles. The molecular weight excluding hydrogens is 315 g/mol. The summed E-state index contributed by atoms with van der Waals surface area (Å²) in [5, 5.41) is 15.3. The van der Waals surface area contributed by atoms with Gasteiger partial charge in [-0.25, -0.2) is 4.98 Å². The second-order valence-corrected chi connectivity index (χ2v) is 5.96. The number of rotatable bonds is 2. The van der Waals surface area contributed by atoms with Crippen molar-refractivity contribution < 1.29 is 44.3 Å². The molecule has 1 N–H and O–H groups in total. The molecule has 1 unspecified atom stereocenters. The number of thioether (sulfide) groups is 1. The first-order valence-electron chi connectivity index (χ1n) is 6.54. The van der Waals surface area contributed by atoms with E-state index in [0.717, 1.165) is 31.2 Å². The fourth-order valence-corrected chi connectivity index (χ4v) is 3.81. The molecule has 22 heavy (non-hydrogen) atoms. The molecule has 1 atom stereocenters. The van der Waals surface area contributed by atoms with Gasteiger partial charge in [0.2, 0.25) is 0 Å². The predicted octanol–water partition coefficient (Wildman–Crippen LogP) is -4.12. The number of hydrogen-bond acceptors (Lipinski definition) is 6. The van der Waals surface area contributed by atoms with Crippen LogP contribution in [0, 0.1) is 0 Å². The zero-order chi connectivity index (χ0) is 14.6. The molecule has 9 heteroatoms. The number of carbonyl (C=O) groups is 2. The molecule has 1 aromatic heterocycles. The third kappa shape index (κ3) is 2.35. The Bertz CT molecular complexity index is 703. The molecule has 0 saturated carbocycles. The Morgan fingerprint density at radius 3 is 3.09 bits per heavy atom. The van der Waals surface area contributed by atoms with Gasteiger partial charge < -0.3 is 19.8 Å². The van der Waals surface area contributed by atoms with Crippen LogP contribution < -0.4 is 40.0 Å². The summed E-state index contributed by atoms with van der Waals surface area (Å²) in [7, 11) is 0. The Labute approximate surface area is 152 Å². The van der Waals surface area contributed by atoms with Gasteiger partial charge in [0.15, 0.2) is 0 Å². The van der Waals surface area contributed by atoms with Crippen molar-refractivity contribution in [3.63, 3.8) is 0 Å². The number of carboxylic acid groups (broad SMARTS) is 1. The Balaban J connectivity index is 0.00000144. The van der Waals surface area contributed by atoms with Gasteiger partial charge in [-0.1, -0.05) is 0 Å².